The number of pyridine rings is 2. The van der Waals surface area contributed by atoms with Crippen molar-refractivity contribution in [3.05, 3.63) is 94.9 Å². The van der Waals surface area contributed by atoms with Crippen LogP contribution in [-0.4, -0.2) is 28.4 Å². The lowest BCUT2D eigenvalue weighted by Gasteiger charge is -2.20. The summed E-state index contributed by atoms with van der Waals surface area (Å²) in [6, 6.07) is 22.0. The van der Waals surface area contributed by atoms with Crippen molar-refractivity contribution >= 4 is 23.1 Å². The second kappa shape index (κ2) is 9.33. The van der Waals surface area contributed by atoms with Crippen LogP contribution in [0.2, 0.25) is 0 Å². The molecular formula is C27H26N2O3S. The van der Waals surface area contributed by atoms with Gasteiger partial charge in [0, 0.05) is 24.2 Å². The van der Waals surface area contributed by atoms with Crippen LogP contribution in [0.15, 0.2) is 79.1 Å². The maximum absolute atomic E-state index is 6.46. The van der Waals surface area contributed by atoms with Crippen molar-refractivity contribution in [3.63, 3.8) is 0 Å². The molecule has 0 unspecified atom stereocenters. The molecule has 3 heterocycles. The molecular weight excluding hydrogens is 432 g/mol. The summed E-state index contributed by atoms with van der Waals surface area (Å²) in [4.78, 5) is 4.41. The fourth-order valence-electron chi connectivity index (χ4n) is 4.07. The number of nitrogens with zero attached hydrogens (tertiary/aromatic N) is 2. The van der Waals surface area contributed by atoms with E-state index in [1.165, 1.54) is 11.1 Å². The van der Waals surface area contributed by atoms with Gasteiger partial charge in [0.1, 0.15) is 41.2 Å². The molecule has 0 N–H and O–H groups in total. The largest absolute Gasteiger partial charge is 0.491 e. The minimum atomic E-state index is -0.246. The van der Waals surface area contributed by atoms with Crippen LogP contribution in [0.1, 0.15) is 23.8 Å². The van der Waals surface area contributed by atoms with Gasteiger partial charge in [-0.15, -0.1) is 0 Å². The summed E-state index contributed by atoms with van der Waals surface area (Å²) < 4.78 is 21.6. The van der Waals surface area contributed by atoms with Gasteiger partial charge in [-0.3, -0.25) is 4.98 Å². The maximum atomic E-state index is 6.46. The Morgan fingerprint density at radius 1 is 0.970 bits per heavy atom. The molecule has 1 aliphatic heterocycles. The summed E-state index contributed by atoms with van der Waals surface area (Å²) in [5.41, 5.74) is 3.27. The lowest BCUT2D eigenvalue weighted by atomic mass is 10.1. The molecule has 0 amide bonds. The van der Waals surface area contributed by atoms with Crippen molar-refractivity contribution < 1.29 is 14.2 Å². The zero-order valence-electron chi connectivity index (χ0n) is 18.7. The molecule has 0 bridgehead atoms. The Bertz CT molecular complexity index is 1300. The lowest BCUT2D eigenvalue weighted by Crippen LogP contribution is -2.32. The van der Waals surface area contributed by atoms with Gasteiger partial charge in [0.25, 0.3) is 0 Å². The maximum Gasteiger partial charge on any atom is 0.139 e. The number of hydrogen-bond donors (Lipinski definition) is 0. The number of aryl methyl sites for hydroxylation is 2. The fourth-order valence-corrected chi connectivity index (χ4v) is 4.42. The SMILES string of the molecule is Cc1ccc(OC[C@H]2O[C@@H](n3ccc4ncccc4c3=S)C[C@@H]2Oc2ccc(C)cc2)cc1. The van der Waals surface area contributed by atoms with Crippen molar-refractivity contribution in [2.75, 3.05) is 6.61 Å². The van der Waals surface area contributed by atoms with E-state index < -0.39 is 0 Å². The molecule has 4 aromatic rings. The molecule has 5 rings (SSSR count). The van der Waals surface area contributed by atoms with Crippen molar-refractivity contribution in [2.45, 2.75) is 38.7 Å². The first kappa shape index (κ1) is 21.6. The quantitative estimate of drug-likeness (QED) is 0.322. The molecule has 168 valence electrons. The highest BCUT2D eigenvalue weighted by Gasteiger charge is 2.38. The molecule has 2 aromatic carbocycles. The summed E-state index contributed by atoms with van der Waals surface area (Å²) >= 11 is 5.78. The van der Waals surface area contributed by atoms with Gasteiger partial charge < -0.3 is 18.8 Å². The molecule has 2 aromatic heterocycles. The Kier molecular flexibility index (Phi) is 6.11. The highest BCUT2D eigenvalue weighted by molar-refractivity contribution is 7.71. The predicted octanol–water partition coefficient (Wildman–Crippen LogP) is 6.20. The van der Waals surface area contributed by atoms with Crippen LogP contribution in [0.5, 0.6) is 11.5 Å². The summed E-state index contributed by atoms with van der Waals surface area (Å²) in [6.07, 6.45) is 3.73. The molecule has 5 nitrogen and oxygen atoms in total. The van der Waals surface area contributed by atoms with Gasteiger partial charge in [-0.25, -0.2) is 0 Å². The van der Waals surface area contributed by atoms with Crippen molar-refractivity contribution in [1.29, 1.82) is 0 Å². The molecule has 3 atom stereocenters. The average Bonchev–Trinajstić information content (AvgIpc) is 3.23. The lowest BCUT2D eigenvalue weighted by molar-refractivity contribution is -0.0359. The summed E-state index contributed by atoms with van der Waals surface area (Å²) in [5.74, 6) is 1.64. The molecule has 0 spiro atoms. The van der Waals surface area contributed by atoms with Crippen LogP contribution >= 0.6 is 12.2 Å². The Morgan fingerprint density at radius 2 is 1.67 bits per heavy atom. The fraction of sp³-hybridized carbons (Fsp3) is 0.259. The van der Waals surface area contributed by atoms with E-state index in [4.69, 9.17) is 26.4 Å². The Balaban J connectivity index is 1.39. The van der Waals surface area contributed by atoms with E-state index in [0.29, 0.717) is 17.7 Å². The zero-order chi connectivity index (χ0) is 22.8. The first-order chi connectivity index (χ1) is 16.1. The van der Waals surface area contributed by atoms with Crippen molar-refractivity contribution in [3.8, 4) is 11.5 Å². The third-order valence-electron chi connectivity index (χ3n) is 5.93. The second-order valence-electron chi connectivity index (χ2n) is 8.42. The highest BCUT2D eigenvalue weighted by Crippen LogP contribution is 2.33. The van der Waals surface area contributed by atoms with E-state index in [1.54, 1.807) is 6.20 Å². The topological polar surface area (TPSA) is 45.5 Å². The molecule has 1 fully saturated rings. The third kappa shape index (κ3) is 4.77. The van der Waals surface area contributed by atoms with Gasteiger partial charge >= 0.3 is 0 Å². The Hall–Kier alpha value is -3.22. The first-order valence-electron chi connectivity index (χ1n) is 11.1. The molecule has 6 heteroatoms. The van der Waals surface area contributed by atoms with Gasteiger partial charge in [-0.05, 0) is 56.3 Å². The van der Waals surface area contributed by atoms with Crippen LogP contribution in [0, 0.1) is 18.5 Å². The predicted molar refractivity (Wildman–Crippen MR) is 131 cm³/mol. The van der Waals surface area contributed by atoms with Gasteiger partial charge in [0.15, 0.2) is 0 Å². The van der Waals surface area contributed by atoms with Crippen molar-refractivity contribution in [1.82, 2.24) is 9.55 Å². The molecule has 33 heavy (non-hydrogen) atoms. The number of ether oxygens (including phenoxy) is 3. The van der Waals surface area contributed by atoms with Crippen LogP contribution in [-0.2, 0) is 4.74 Å². The normalized spacial score (nSPS) is 20.1. The van der Waals surface area contributed by atoms with Crippen LogP contribution < -0.4 is 9.47 Å². The second-order valence-corrected chi connectivity index (χ2v) is 8.81. The van der Waals surface area contributed by atoms with Gasteiger partial charge in [-0.2, -0.15) is 0 Å². The standard InChI is InChI=1S/C27H26N2O3S/c1-18-5-9-20(10-6-18)30-17-25-24(31-21-11-7-19(2)8-12-21)16-26(32-25)29-15-13-23-22(27(29)33)4-3-14-28-23/h3-15,24-26H,16-17H2,1-2H3/t24-,25+,26+/m0/s1. The summed E-state index contributed by atoms with van der Waals surface area (Å²) in [7, 11) is 0. The van der Waals surface area contributed by atoms with Crippen LogP contribution in [0.3, 0.4) is 0 Å². The van der Waals surface area contributed by atoms with Crippen LogP contribution in [0.4, 0.5) is 0 Å². The minimum Gasteiger partial charge on any atom is -0.491 e. The molecule has 1 saturated heterocycles. The zero-order valence-corrected chi connectivity index (χ0v) is 19.5. The van der Waals surface area contributed by atoms with Crippen molar-refractivity contribution in [2.24, 2.45) is 0 Å². The van der Waals surface area contributed by atoms with Crippen LogP contribution in [0.25, 0.3) is 10.9 Å². The summed E-state index contributed by atoms with van der Waals surface area (Å²) in [6.45, 7) is 4.51. The van der Waals surface area contributed by atoms with E-state index in [2.05, 4.69) is 18.8 Å². The number of benzene rings is 2. The molecule has 0 aliphatic carbocycles. The molecule has 0 saturated carbocycles. The highest BCUT2D eigenvalue weighted by atomic mass is 32.1. The number of aromatic nitrogens is 2. The van der Waals surface area contributed by atoms with Gasteiger partial charge in [0.2, 0.25) is 0 Å². The van der Waals surface area contributed by atoms with E-state index in [0.717, 1.165) is 22.4 Å². The monoisotopic (exact) mass is 458 g/mol. The van der Waals surface area contributed by atoms with Gasteiger partial charge in [0.05, 0.1) is 5.52 Å². The molecule has 1 aliphatic rings. The van der Waals surface area contributed by atoms with E-state index >= 15 is 0 Å². The number of fused-ring (bicyclic) bond motifs is 1. The smallest absolute Gasteiger partial charge is 0.139 e. The summed E-state index contributed by atoms with van der Waals surface area (Å²) in [5, 5.41) is 0.939. The van der Waals surface area contributed by atoms with E-state index in [9.17, 15) is 0 Å². The minimum absolute atomic E-state index is 0.172. The average molecular weight is 459 g/mol. The van der Waals surface area contributed by atoms with Gasteiger partial charge in [-0.1, -0.05) is 47.6 Å². The Labute approximate surface area is 198 Å². The van der Waals surface area contributed by atoms with E-state index in [-0.39, 0.29) is 18.4 Å². The number of rotatable bonds is 6. The molecule has 0 radical (unpaired) electrons. The third-order valence-corrected chi connectivity index (χ3v) is 6.36. The Morgan fingerprint density at radius 3 is 2.39 bits per heavy atom. The van der Waals surface area contributed by atoms with E-state index in [1.807, 2.05) is 77.5 Å². The first-order valence-corrected chi connectivity index (χ1v) is 11.5. The number of hydrogen-bond acceptors (Lipinski definition) is 5.